The second-order valence-electron chi connectivity index (χ2n) is 17.3. The fourth-order valence-corrected chi connectivity index (χ4v) is 10.7. The molecule has 0 bridgehead atoms. The van der Waals surface area contributed by atoms with E-state index in [1.807, 2.05) is 27.0 Å². The lowest BCUT2D eigenvalue weighted by Crippen LogP contribution is -2.53. The molecule has 2 atom stereocenters. The third-order valence-corrected chi connectivity index (χ3v) is 14.1. The van der Waals surface area contributed by atoms with E-state index in [-0.39, 0.29) is 53.0 Å². The number of halogens is 1. The van der Waals surface area contributed by atoms with Gasteiger partial charge in [0.2, 0.25) is 27.5 Å². The smallest absolute Gasteiger partial charge is 0.329 e. The standard InChI is InChI=1S/C42H50FN13O5S/c1-25(2)61-37-36(29-20-45-46-21-29)44-24-56-39(37)49-40(51-56)47-33-11-9-30(18-32(33)43)62(59,60)54-14-6-7-26(23-54)22-53-15-12-28(19-42(53,3)4)27-8-10-31-34(17-27)52(5)50-38(31)55-16-13-35(57)48-41(55)58/h8-11,17-18,20-21,24-26,28H,6-7,12-16,19,22-23H2,1-5H3,(H,45,46)(H,47,51)(H,48,57,58)/t26-,28+/m0/s1. The van der Waals surface area contributed by atoms with Gasteiger partial charge < -0.3 is 10.1 Å². The van der Waals surface area contributed by atoms with Crippen LogP contribution >= 0.6 is 0 Å². The van der Waals surface area contributed by atoms with Gasteiger partial charge in [0.05, 0.1) is 28.4 Å². The van der Waals surface area contributed by atoms with Crippen molar-refractivity contribution in [2.45, 2.75) is 82.3 Å². The molecule has 3 amide bonds. The number of amides is 3. The van der Waals surface area contributed by atoms with Gasteiger partial charge in [0.15, 0.2) is 11.6 Å². The number of hydrogen-bond acceptors (Lipinski definition) is 12. The number of piperidine rings is 2. The molecular formula is C42H50FN13O5S. The maximum absolute atomic E-state index is 15.7. The minimum atomic E-state index is -3.99. The molecule has 18 nitrogen and oxygen atoms in total. The molecule has 2 aromatic carbocycles. The van der Waals surface area contributed by atoms with Crippen molar-refractivity contribution in [3.8, 4) is 17.0 Å². The monoisotopic (exact) mass is 867 g/mol. The van der Waals surface area contributed by atoms with E-state index in [0.717, 1.165) is 49.3 Å². The Morgan fingerprint density at radius 3 is 2.65 bits per heavy atom. The van der Waals surface area contributed by atoms with Gasteiger partial charge in [0.25, 0.3) is 0 Å². The fraction of sp³-hybridized carbons (Fsp3) is 0.452. The molecule has 20 heteroatoms. The first-order valence-corrected chi connectivity index (χ1v) is 22.4. The number of carbonyl (C=O) groups excluding carboxylic acids is 2. The van der Waals surface area contributed by atoms with Crippen molar-refractivity contribution < 1.29 is 27.1 Å². The second-order valence-corrected chi connectivity index (χ2v) is 19.3. The molecule has 3 fully saturated rings. The SMILES string of the molecule is CC(C)Oc1c(-c2cn[nH]c2)ncn2nc(Nc3ccc(S(=O)(=O)N4CCC[C@@H](CN5CC[C@@H](c6ccc7c(N8CCC(=O)NC8=O)nn(C)c7c6)CC5(C)C)C4)cc3F)nc12. The Labute approximate surface area is 357 Å². The maximum Gasteiger partial charge on any atom is 0.329 e. The van der Waals surface area contributed by atoms with Crippen LogP contribution in [0, 0.1) is 11.7 Å². The van der Waals surface area contributed by atoms with Crippen molar-refractivity contribution in [1.82, 2.24) is 54.1 Å². The van der Waals surface area contributed by atoms with Crippen molar-refractivity contribution in [3.63, 3.8) is 0 Å². The highest BCUT2D eigenvalue weighted by molar-refractivity contribution is 7.89. The molecule has 0 unspecified atom stereocenters. The van der Waals surface area contributed by atoms with E-state index in [9.17, 15) is 18.0 Å². The van der Waals surface area contributed by atoms with E-state index in [0.29, 0.717) is 53.9 Å². The van der Waals surface area contributed by atoms with Gasteiger partial charge in [-0.3, -0.25) is 29.7 Å². The number of fused-ring (bicyclic) bond motifs is 2. The van der Waals surface area contributed by atoms with Crippen LogP contribution in [0.15, 0.2) is 60.0 Å². The number of rotatable bonds is 11. The Bertz CT molecular complexity index is 2790. The minimum absolute atomic E-state index is 0.0200. The summed E-state index contributed by atoms with van der Waals surface area (Å²) in [6.07, 6.45) is 8.29. The predicted octanol–water partition coefficient (Wildman–Crippen LogP) is 5.58. The first-order chi connectivity index (χ1) is 29.6. The molecule has 3 aliphatic heterocycles. The van der Waals surface area contributed by atoms with Crippen molar-refractivity contribution in [2.24, 2.45) is 13.0 Å². The zero-order valence-electron chi connectivity index (χ0n) is 35.3. The van der Waals surface area contributed by atoms with Crippen LogP contribution in [-0.4, -0.2) is 113 Å². The second kappa shape index (κ2) is 16.0. The van der Waals surface area contributed by atoms with E-state index >= 15 is 4.39 Å². The van der Waals surface area contributed by atoms with E-state index in [1.54, 1.807) is 17.1 Å². The molecule has 0 saturated carbocycles. The summed E-state index contributed by atoms with van der Waals surface area (Å²) in [6.45, 7) is 10.9. The summed E-state index contributed by atoms with van der Waals surface area (Å²) >= 11 is 0. The molecule has 3 aliphatic rings. The van der Waals surface area contributed by atoms with Crippen molar-refractivity contribution in [2.75, 3.05) is 42.9 Å². The van der Waals surface area contributed by atoms with E-state index in [1.165, 1.54) is 37.7 Å². The number of aromatic amines is 1. The number of nitrogens with one attached hydrogen (secondary N) is 3. The summed E-state index contributed by atoms with van der Waals surface area (Å²) in [5.41, 5.74) is 3.58. The van der Waals surface area contributed by atoms with Crippen LogP contribution in [-0.2, 0) is 21.9 Å². The molecule has 62 heavy (non-hydrogen) atoms. The van der Waals surface area contributed by atoms with Crippen molar-refractivity contribution >= 4 is 56.0 Å². The van der Waals surface area contributed by atoms with Gasteiger partial charge in [-0.25, -0.2) is 22.6 Å². The van der Waals surface area contributed by atoms with Crippen molar-refractivity contribution in [3.05, 3.63) is 66.5 Å². The topological polar surface area (TPSA) is 201 Å². The minimum Gasteiger partial charge on any atom is -0.485 e. The molecule has 0 radical (unpaired) electrons. The quantitative estimate of drug-likeness (QED) is 0.146. The molecule has 4 aromatic heterocycles. The van der Waals surface area contributed by atoms with Crippen LogP contribution in [0.3, 0.4) is 0 Å². The van der Waals surface area contributed by atoms with E-state index in [2.05, 4.69) is 71.9 Å². The summed E-state index contributed by atoms with van der Waals surface area (Å²) in [6, 6.07) is 9.71. The molecule has 326 valence electrons. The third kappa shape index (κ3) is 7.85. The van der Waals surface area contributed by atoms with Gasteiger partial charge in [-0.1, -0.05) is 6.07 Å². The van der Waals surface area contributed by atoms with Crippen molar-refractivity contribution in [1.29, 1.82) is 0 Å². The van der Waals surface area contributed by atoms with Gasteiger partial charge in [-0.05, 0) is 108 Å². The number of nitrogens with zero attached hydrogens (tertiary/aromatic N) is 10. The van der Waals surface area contributed by atoms with Crippen LogP contribution in [0.25, 0.3) is 27.8 Å². The van der Waals surface area contributed by atoms with Gasteiger partial charge >= 0.3 is 6.03 Å². The number of carbonyl (C=O) groups is 2. The van der Waals surface area contributed by atoms with E-state index in [4.69, 9.17) is 4.74 Å². The molecule has 9 rings (SSSR count). The largest absolute Gasteiger partial charge is 0.485 e. The van der Waals surface area contributed by atoms with Crippen LogP contribution in [0.2, 0.25) is 0 Å². The Morgan fingerprint density at radius 2 is 1.90 bits per heavy atom. The highest BCUT2D eigenvalue weighted by Crippen LogP contribution is 2.41. The lowest BCUT2D eigenvalue weighted by atomic mass is 9.78. The predicted molar refractivity (Wildman–Crippen MR) is 229 cm³/mol. The highest BCUT2D eigenvalue weighted by Gasteiger charge is 2.39. The lowest BCUT2D eigenvalue weighted by Gasteiger charge is -2.48. The third-order valence-electron chi connectivity index (χ3n) is 12.2. The maximum atomic E-state index is 15.7. The normalized spacial score (nSPS) is 20.3. The first-order valence-electron chi connectivity index (χ1n) is 21.0. The lowest BCUT2D eigenvalue weighted by molar-refractivity contribution is -0.120. The number of aromatic nitrogens is 8. The van der Waals surface area contributed by atoms with Gasteiger partial charge in [0.1, 0.15) is 17.8 Å². The van der Waals surface area contributed by atoms with Gasteiger partial charge in [0, 0.05) is 62.3 Å². The number of imide groups is 1. The van der Waals surface area contributed by atoms with Gasteiger partial charge in [-0.15, -0.1) is 5.10 Å². The summed E-state index contributed by atoms with van der Waals surface area (Å²) < 4.78 is 54.5. The van der Waals surface area contributed by atoms with Crippen LogP contribution < -0.4 is 20.3 Å². The molecule has 7 heterocycles. The Morgan fingerprint density at radius 1 is 1.06 bits per heavy atom. The number of hydrogen-bond donors (Lipinski definition) is 3. The molecule has 3 saturated heterocycles. The Kier molecular flexibility index (Phi) is 10.7. The number of urea groups is 1. The average molecular weight is 868 g/mol. The molecule has 0 spiro atoms. The van der Waals surface area contributed by atoms with Crippen LogP contribution in [0.5, 0.6) is 5.75 Å². The average Bonchev–Trinajstić information content (AvgIpc) is 3.99. The molecular weight excluding hydrogens is 818 g/mol. The van der Waals surface area contributed by atoms with Gasteiger partial charge in [-0.2, -0.15) is 24.0 Å². The number of ether oxygens (including phenoxy) is 1. The van der Waals surface area contributed by atoms with E-state index < -0.39 is 21.9 Å². The molecule has 6 aromatic rings. The number of likely N-dealkylation sites (tertiary alicyclic amines) is 1. The fourth-order valence-electron chi connectivity index (χ4n) is 9.10. The first kappa shape index (κ1) is 41.4. The highest BCUT2D eigenvalue weighted by atomic mass is 32.2. The Balaban J connectivity index is 0.849. The molecule has 0 aliphatic carbocycles. The summed E-state index contributed by atoms with van der Waals surface area (Å²) in [5.74, 6) is 0.385. The molecule has 3 N–H and O–H groups in total. The summed E-state index contributed by atoms with van der Waals surface area (Å²) in [7, 11) is -2.12. The number of H-pyrrole nitrogens is 1. The zero-order chi connectivity index (χ0) is 43.5. The summed E-state index contributed by atoms with van der Waals surface area (Å²) in [4.78, 5) is 37.3. The van der Waals surface area contributed by atoms with Crippen LogP contribution in [0.4, 0.5) is 26.6 Å². The summed E-state index contributed by atoms with van der Waals surface area (Å²) in [5, 5.41) is 22.0. The Hall–Kier alpha value is -5.99. The number of aryl methyl sites for hydroxylation is 1. The number of sulfonamides is 1. The zero-order valence-corrected chi connectivity index (χ0v) is 36.1. The number of benzene rings is 2. The van der Waals surface area contributed by atoms with Crippen LogP contribution in [0.1, 0.15) is 71.3 Å². The number of anilines is 3.